The van der Waals surface area contributed by atoms with Gasteiger partial charge in [-0.2, -0.15) is 0 Å². The zero-order valence-electron chi connectivity index (χ0n) is 13.2. The lowest BCUT2D eigenvalue weighted by Gasteiger charge is -2.28. The van der Waals surface area contributed by atoms with Gasteiger partial charge in [-0.05, 0) is 57.7 Å². The van der Waals surface area contributed by atoms with Gasteiger partial charge in [0, 0.05) is 23.2 Å². The predicted molar refractivity (Wildman–Crippen MR) is 95.1 cm³/mol. The van der Waals surface area contributed by atoms with Gasteiger partial charge in [0.2, 0.25) is 0 Å². The Balaban J connectivity index is 1.78. The van der Waals surface area contributed by atoms with E-state index in [2.05, 4.69) is 21.2 Å². The number of halogens is 1. The molecule has 2 aromatic rings. The molecule has 0 atom stereocenters. The molecule has 0 bridgehead atoms. The average molecular weight is 389 g/mol. The van der Waals surface area contributed by atoms with E-state index in [-0.39, 0.29) is 12.0 Å². The molecule has 0 spiro atoms. The van der Waals surface area contributed by atoms with Crippen LogP contribution in [0.5, 0.6) is 0 Å². The number of nitrogens with one attached hydrogen (secondary N) is 1. The van der Waals surface area contributed by atoms with Gasteiger partial charge >= 0.3 is 6.09 Å². The van der Waals surface area contributed by atoms with Crippen molar-refractivity contribution in [3.05, 3.63) is 63.6 Å². The quantitative estimate of drug-likeness (QED) is 0.850. The van der Waals surface area contributed by atoms with Crippen LogP contribution in [0.1, 0.15) is 21.5 Å². The van der Waals surface area contributed by atoms with Crippen LogP contribution in [0.15, 0.2) is 46.9 Å². The van der Waals surface area contributed by atoms with E-state index < -0.39 is 0 Å². The van der Waals surface area contributed by atoms with Gasteiger partial charge in [-0.15, -0.1) is 0 Å². The van der Waals surface area contributed by atoms with E-state index in [1.165, 1.54) is 12.7 Å². The van der Waals surface area contributed by atoms with Crippen molar-refractivity contribution in [3.63, 3.8) is 0 Å². The summed E-state index contributed by atoms with van der Waals surface area (Å²) in [7, 11) is 1.38. The summed E-state index contributed by atoms with van der Waals surface area (Å²) in [6.45, 7) is 1.13. The fraction of sp³-hybridized carbons (Fsp3) is 0.222. The van der Waals surface area contributed by atoms with Crippen molar-refractivity contribution in [1.29, 1.82) is 0 Å². The number of rotatable bonds is 2. The second-order valence-corrected chi connectivity index (χ2v) is 6.41. The molecule has 0 saturated carbocycles. The standard InChI is InChI=1S/C18H17BrN2O3/c1-24-18(23)21-9-8-12-6-7-14(10-13(12)11-21)20-17(22)15-4-2-3-5-16(15)19/h2-7,10H,8-9,11H2,1H3,(H,20,22). The molecule has 1 heterocycles. The van der Waals surface area contributed by atoms with Crippen LogP contribution < -0.4 is 5.32 Å². The summed E-state index contributed by atoms with van der Waals surface area (Å²) in [5.41, 5.74) is 3.50. The van der Waals surface area contributed by atoms with Gasteiger partial charge in [0.25, 0.3) is 5.91 Å². The first kappa shape index (κ1) is 16.5. The molecule has 6 heteroatoms. The van der Waals surface area contributed by atoms with E-state index in [4.69, 9.17) is 4.74 Å². The third kappa shape index (κ3) is 3.43. The van der Waals surface area contributed by atoms with Crippen molar-refractivity contribution >= 4 is 33.6 Å². The van der Waals surface area contributed by atoms with Crippen molar-refractivity contribution in [2.75, 3.05) is 19.0 Å². The number of carbonyl (C=O) groups excluding carboxylic acids is 2. The summed E-state index contributed by atoms with van der Waals surface area (Å²) < 4.78 is 5.53. The van der Waals surface area contributed by atoms with Crippen molar-refractivity contribution in [3.8, 4) is 0 Å². The van der Waals surface area contributed by atoms with Crippen LogP contribution >= 0.6 is 15.9 Å². The zero-order valence-corrected chi connectivity index (χ0v) is 14.8. The molecule has 0 aromatic heterocycles. The number of anilines is 1. The highest BCUT2D eigenvalue weighted by Gasteiger charge is 2.21. The third-order valence-electron chi connectivity index (χ3n) is 4.03. The first-order chi connectivity index (χ1) is 11.6. The predicted octanol–water partition coefficient (Wildman–Crippen LogP) is 3.83. The fourth-order valence-electron chi connectivity index (χ4n) is 2.76. The number of carbonyl (C=O) groups is 2. The summed E-state index contributed by atoms with van der Waals surface area (Å²) >= 11 is 3.38. The average Bonchev–Trinajstić information content (AvgIpc) is 2.60. The zero-order chi connectivity index (χ0) is 17.1. The van der Waals surface area contributed by atoms with Crippen LogP contribution in [0, 0.1) is 0 Å². The lowest BCUT2D eigenvalue weighted by Crippen LogP contribution is -2.35. The van der Waals surface area contributed by atoms with Crippen LogP contribution in [0.2, 0.25) is 0 Å². The Morgan fingerprint density at radius 3 is 2.71 bits per heavy atom. The largest absolute Gasteiger partial charge is 0.453 e. The second-order valence-electron chi connectivity index (χ2n) is 5.56. The van der Waals surface area contributed by atoms with E-state index in [1.807, 2.05) is 36.4 Å². The number of benzene rings is 2. The van der Waals surface area contributed by atoms with Crippen LogP contribution in [-0.4, -0.2) is 30.6 Å². The third-order valence-corrected chi connectivity index (χ3v) is 4.72. The monoisotopic (exact) mass is 388 g/mol. The Morgan fingerprint density at radius 2 is 1.96 bits per heavy atom. The van der Waals surface area contributed by atoms with E-state index in [0.29, 0.717) is 24.3 Å². The topological polar surface area (TPSA) is 58.6 Å². The summed E-state index contributed by atoms with van der Waals surface area (Å²) in [4.78, 5) is 25.7. The lowest BCUT2D eigenvalue weighted by molar-refractivity contribution is 0.102. The lowest BCUT2D eigenvalue weighted by atomic mass is 9.99. The minimum Gasteiger partial charge on any atom is -0.453 e. The first-order valence-electron chi connectivity index (χ1n) is 7.59. The summed E-state index contributed by atoms with van der Waals surface area (Å²) in [5.74, 6) is -0.178. The number of hydrogen-bond donors (Lipinski definition) is 1. The molecular weight excluding hydrogens is 372 g/mol. The van der Waals surface area contributed by atoms with E-state index in [9.17, 15) is 9.59 Å². The molecule has 1 aliphatic rings. The molecule has 0 unspecified atom stereocenters. The Labute approximate surface area is 148 Å². The van der Waals surface area contributed by atoms with Crippen molar-refractivity contribution in [2.45, 2.75) is 13.0 Å². The smallest absolute Gasteiger partial charge is 0.409 e. The van der Waals surface area contributed by atoms with Gasteiger partial charge in [0.1, 0.15) is 0 Å². The second kappa shape index (κ2) is 7.05. The summed E-state index contributed by atoms with van der Waals surface area (Å²) in [6, 6.07) is 13.1. The number of ether oxygens (including phenoxy) is 1. The van der Waals surface area contributed by atoms with Gasteiger partial charge in [0.15, 0.2) is 0 Å². The fourth-order valence-corrected chi connectivity index (χ4v) is 3.23. The van der Waals surface area contributed by atoms with E-state index in [1.54, 1.807) is 11.0 Å². The highest BCUT2D eigenvalue weighted by atomic mass is 79.9. The van der Waals surface area contributed by atoms with Gasteiger partial charge in [-0.1, -0.05) is 18.2 Å². The minimum absolute atomic E-state index is 0.178. The van der Waals surface area contributed by atoms with Gasteiger partial charge < -0.3 is 15.0 Å². The molecule has 5 nitrogen and oxygen atoms in total. The molecular formula is C18H17BrN2O3. The molecule has 0 fully saturated rings. The van der Waals surface area contributed by atoms with Crippen LogP contribution in [0.3, 0.4) is 0 Å². The maximum atomic E-state index is 12.4. The Bertz CT molecular complexity index is 792. The molecule has 124 valence electrons. The molecule has 2 aromatic carbocycles. The van der Waals surface area contributed by atoms with Gasteiger partial charge in [-0.25, -0.2) is 4.79 Å². The van der Waals surface area contributed by atoms with Gasteiger partial charge in [-0.3, -0.25) is 4.79 Å². The van der Waals surface area contributed by atoms with Crippen molar-refractivity contribution in [1.82, 2.24) is 4.90 Å². The molecule has 2 amide bonds. The molecule has 1 N–H and O–H groups in total. The Kier molecular flexibility index (Phi) is 4.85. The molecule has 1 aliphatic heterocycles. The highest BCUT2D eigenvalue weighted by molar-refractivity contribution is 9.10. The number of amides is 2. The molecule has 3 rings (SSSR count). The van der Waals surface area contributed by atoms with Crippen LogP contribution in [-0.2, 0) is 17.7 Å². The van der Waals surface area contributed by atoms with Crippen LogP contribution in [0.4, 0.5) is 10.5 Å². The molecule has 0 radical (unpaired) electrons. The van der Waals surface area contributed by atoms with Crippen LogP contribution in [0.25, 0.3) is 0 Å². The summed E-state index contributed by atoms with van der Waals surface area (Å²) in [6.07, 6.45) is 0.450. The number of hydrogen-bond acceptors (Lipinski definition) is 3. The SMILES string of the molecule is COC(=O)N1CCc2ccc(NC(=O)c3ccccc3Br)cc2C1. The highest BCUT2D eigenvalue weighted by Crippen LogP contribution is 2.24. The molecule has 0 saturated heterocycles. The van der Waals surface area contributed by atoms with Crippen molar-refractivity contribution < 1.29 is 14.3 Å². The first-order valence-corrected chi connectivity index (χ1v) is 8.38. The molecule has 24 heavy (non-hydrogen) atoms. The van der Waals surface area contributed by atoms with E-state index >= 15 is 0 Å². The van der Waals surface area contributed by atoms with Gasteiger partial charge in [0.05, 0.1) is 12.7 Å². The Morgan fingerprint density at radius 1 is 1.17 bits per heavy atom. The number of nitrogens with zero attached hydrogens (tertiary/aromatic N) is 1. The van der Waals surface area contributed by atoms with Crippen molar-refractivity contribution in [2.24, 2.45) is 0 Å². The maximum absolute atomic E-state index is 12.4. The Hall–Kier alpha value is -2.34. The normalized spacial score (nSPS) is 13.2. The van der Waals surface area contributed by atoms with E-state index in [0.717, 1.165) is 16.5 Å². The number of methoxy groups -OCH3 is 1. The number of fused-ring (bicyclic) bond motifs is 1. The minimum atomic E-state index is -0.330. The molecule has 0 aliphatic carbocycles. The summed E-state index contributed by atoms with van der Waals surface area (Å²) in [5, 5.41) is 2.90. The maximum Gasteiger partial charge on any atom is 0.409 e.